The Morgan fingerprint density at radius 3 is 2.30 bits per heavy atom. The van der Waals surface area contributed by atoms with E-state index in [0.29, 0.717) is 22.4 Å². The highest BCUT2D eigenvalue weighted by Crippen LogP contribution is 2.32. The van der Waals surface area contributed by atoms with E-state index >= 15 is 0 Å². The maximum atomic E-state index is 12.4. The van der Waals surface area contributed by atoms with Crippen LogP contribution < -0.4 is 14.6 Å². The molecule has 8 heteroatoms. The van der Waals surface area contributed by atoms with Crippen molar-refractivity contribution in [3.63, 3.8) is 0 Å². The summed E-state index contributed by atoms with van der Waals surface area (Å²) in [5, 5.41) is 13.8. The lowest BCUT2D eigenvalue weighted by molar-refractivity contribution is -0.684. The Bertz CT molecular complexity index is 1100. The lowest BCUT2D eigenvalue weighted by Crippen LogP contribution is -2.39. The summed E-state index contributed by atoms with van der Waals surface area (Å²) in [5.74, 6) is -0.348. The number of aromatic nitrogens is 1. The summed E-state index contributed by atoms with van der Waals surface area (Å²) in [4.78, 5) is 35.4. The molecule has 0 bridgehead atoms. The zero-order valence-electron chi connectivity index (χ0n) is 16.5. The van der Waals surface area contributed by atoms with Gasteiger partial charge in [-0.05, 0) is 12.5 Å². The van der Waals surface area contributed by atoms with Crippen molar-refractivity contribution in [2.24, 2.45) is 0 Å². The predicted molar refractivity (Wildman–Crippen MR) is 110 cm³/mol. The van der Waals surface area contributed by atoms with Gasteiger partial charge < -0.3 is 10.1 Å². The first-order chi connectivity index (χ1) is 14.4. The van der Waals surface area contributed by atoms with Crippen LogP contribution in [0.15, 0.2) is 67.0 Å². The number of nitrogens with one attached hydrogen (secondary N) is 1. The number of amides is 1. The summed E-state index contributed by atoms with van der Waals surface area (Å²) in [5.41, 5.74) is 1.93. The Morgan fingerprint density at radius 1 is 1.07 bits per heavy atom. The number of carbonyl (C=O) groups excluding carboxylic acids is 2. The number of rotatable bonds is 7. The van der Waals surface area contributed by atoms with Gasteiger partial charge in [0.1, 0.15) is 0 Å². The molecule has 2 aromatic carbocycles. The molecule has 0 saturated carbocycles. The van der Waals surface area contributed by atoms with Crippen LogP contribution in [0.4, 0.5) is 11.4 Å². The minimum atomic E-state index is -0.536. The first-order valence-electron chi connectivity index (χ1n) is 9.10. The topological polar surface area (TPSA) is 102 Å². The van der Waals surface area contributed by atoms with Gasteiger partial charge >= 0.3 is 5.69 Å². The van der Waals surface area contributed by atoms with E-state index in [9.17, 15) is 19.7 Å². The number of carbonyl (C=O) groups is 2. The molecule has 0 aliphatic heterocycles. The summed E-state index contributed by atoms with van der Waals surface area (Å²) >= 11 is 0. The number of aryl methyl sites for hydroxylation is 1. The van der Waals surface area contributed by atoms with E-state index in [-0.39, 0.29) is 29.7 Å². The maximum Gasteiger partial charge on any atom is 0.311 e. The second-order valence-electron chi connectivity index (χ2n) is 6.60. The average Bonchev–Trinajstić information content (AvgIpc) is 2.75. The molecule has 1 N–H and O–H groups in total. The van der Waals surface area contributed by atoms with Crippen LogP contribution in [0.5, 0.6) is 5.75 Å². The summed E-state index contributed by atoms with van der Waals surface area (Å²) in [6, 6.07) is 15.0. The highest BCUT2D eigenvalue weighted by molar-refractivity contribution is 6.08. The maximum absolute atomic E-state index is 12.4. The third-order valence-corrected chi connectivity index (χ3v) is 4.51. The lowest BCUT2D eigenvalue weighted by Gasteiger charge is -2.10. The van der Waals surface area contributed by atoms with E-state index < -0.39 is 4.92 Å². The molecule has 0 fully saturated rings. The van der Waals surface area contributed by atoms with E-state index in [1.54, 1.807) is 60.3 Å². The van der Waals surface area contributed by atoms with Gasteiger partial charge in [-0.15, -0.1) is 0 Å². The predicted octanol–water partition coefficient (Wildman–Crippen LogP) is 3.07. The molecule has 3 aromatic rings. The second-order valence-corrected chi connectivity index (χ2v) is 6.60. The molecule has 3 rings (SSSR count). The SMILES string of the molecule is COc1cc(NC(=O)C[n+]2ccc(C(=O)c3ccccc3)cc2)c(C)cc1[N+](=O)[O-]. The number of hydrogen-bond donors (Lipinski definition) is 1. The van der Waals surface area contributed by atoms with Crippen LogP contribution in [-0.2, 0) is 11.3 Å². The van der Waals surface area contributed by atoms with Crippen molar-refractivity contribution in [2.45, 2.75) is 13.5 Å². The highest BCUT2D eigenvalue weighted by Gasteiger charge is 2.19. The number of nitrogens with zero attached hydrogens (tertiary/aromatic N) is 2. The molecule has 1 amide bonds. The molecule has 0 aliphatic carbocycles. The van der Waals surface area contributed by atoms with Crippen LogP contribution >= 0.6 is 0 Å². The van der Waals surface area contributed by atoms with E-state index in [0.717, 1.165) is 0 Å². The average molecular weight is 406 g/mol. The smallest absolute Gasteiger partial charge is 0.311 e. The molecule has 0 aliphatic rings. The normalized spacial score (nSPS) is 10.3. The first-order valence-corrected chi connectivity index (χ1v) is 9.10. The molecule has 0 radical (unpaired) electrons. The Balaban J connectivity index is 1.70. The van der Waals surface area contributed by atoms with Gasteiger partial charge in [-0.1, -0.05) is 30.3 Å². The molecule has 30 heavy (non-hydrogen) atoms. The number of methoxy groups -OCH3 is 1. The second kappa shape index (κ2) is 8.95. The fraction of sp³-hybridized carbons (Fsp3) is 0.136. The lowest BCUT2D eigenvalue weighted by atomic mass is 10.0. The van der Waals surface area contributed by atoms with Crippen molar-refractivity contribution in [3.8, 4) is 5.75 Å². The Morgan fingerprint density at radius 2 is 1.70 bits per heavy atom. The fourth-order valence-corrected chi connectivity index (χ4v) is 2.94. The van der Waals surface area contributed by atoms with E-state index in [1.807, 2.05) is 6.07 Å². The van der Waals surface area contributed by atoms with Gasteiger partial charge in [0.15, 0.2) is 23.9 Å². The number of nitro benzene ring substituents is 1. The quantitative estimate of drug-likeness (QED) is 0.281. The number of nitro groups is 1. The number of pyridine rings is 1. The Kier molecular flexibility index (Phi) is 6.17. The zero-order chi connectivity index (χ0) is 21.7. The molecule has 0 atom stereocenters. The van der Waals surface area contributed by atoms with Gasteiger partial charge in [-0.2, -0.15) is 4.57 Å². The van der Waals surface area contributed by atoms with Gasteiger partial charge in [-0.3, -0.25) is 19.7 Å². The number of benzene rings is 2. The molecular formula is C22H20N3O5+. The van der Waals surface area contributed by atoms with Gasteiger partial charge in [0.2, 0.25) is 6.54 Å². The Labute approximate surface area is 172 Å². The molecule has 1 heterocycles. The third-order valence-electron chi connectivity index (χ3n) is 4.51. The highest BCUT2D eigenvalue weighted by atomic mass is 16.6. The van der Waals surface area contributed by atoms with E-state index in [1.165, 1.54) is 19.2 Å². The van der Waals surface area contributed by atoms with Gasteiger partial charge in [0.25, 0.3) is 5.91 Å². The van der Waals surface area contributed by atoms with E-state index in [2.05, 4.69) is 5.32 Å². The molecule has 0 spiro atoms. The summed E-state index contributed by atoms with van der Waals surface area (Å²) in [6.45, 7) is 1.68. The monoisotopic (exact) mass is 406 g/mol. The van der Waals surface area contributed by atoms with E-state index in [4.69, 9.17) is 4.74 Å². The van der Waals surface area contributed by atoms with Crippen LogP contribution in [-0.4, -0.2) is 23.7 Å². The Hall–Kier alpha value is -4.07. The molecular weight excluding hydrogens is 386 g/mol. The molecule has 0 unspecified atom stereocenters. The minimum absolute atomic E-state index is 0.0125. The molecule has 152 valence electrons. The minimum Gasteiger partial charge on any atom is -0.490 e. The van der Waals surface area contributed by atoms with Crippen LogP contribution in [0, 0.1) is 17.0 Å². The summed E-state index contributed by atoms with van der Waals surface area (Å²) in [6.07, 6.45) is 3.30. The third kappa shape index (κ3) is 4.67. The van der Waals surface area contributed by atoms with Crippen LogP contribution in [0.2, 0.25) is 0 Å². The van der Waals surface area contributed by atoms with Crippen molar-refractivity contribution < 1.29 is 23.8 Å². The fourth-order valence-electron chi connectivity index (χ4n) is 2.94. The summed E-state index contributed by atoms with van der Waals surface area (Å²) < 4.78 is 6.68. The summed E-state index contributed by atoms with van der Waals surface area (Å²) in [7, 11) is 1.33. The van der Waals surface area contributed by atoms with Crippen molar-refractivity contribution >= 4 is 23.1 Å². The van der Waals surface area contributed by atoms with Gasteiger partial charge in [0.05, 0.1) is 12.0 Å². The zero-order valence-corrected chi connectivity index (χ0v) is 16.5. The molecule has 1 aromatic heterocycles. The van der Waals surface area contributed by atoms with Crippen molar-refractivity contribution in [1.82, 2.24) is 0 Å². The largest absolute Gasteiger partial charge is 0.490 e. The van der Waals surface area contributed by atoms with Crippen molar-refractivity contribution in [2.75, 3.05) is 12.4 Å². The van der Waals surface area contributed by atoms with Crippen molar-refractivity contribution in [1.29, 1.82) is 0 Å². The van der Waals surface area contributed by atoms with Crippen molar-refractivity contribution in [3.05, 3.63) is 93.8 Å². The van der Waals surface area contributed by atoms with Crippen LogP contribution in [0.3, 0.4) is 0 Å². The standard InChI is InChI=1S/C22H19N3O5/c1-15-12-19(25(28)29)20(30-2)13-18(15)23-21(26)14-24-10-8-17(9-11-24)22(27)16-6-4-3-5-7-16/h3-13H,14H2,1-2H3/p+1. The first kappa shape index (κ1) is 20.7. The van der Waals surface area contributed by atoms with Gasteiger partial charge in [0, 0.05) is 41.1 Å². The number of ether oxygens (including phenoxy) is 1. The number of hydrogen-bond acceptors (Lipinski definition) is 5. The van der Waals surface area contributed by atoms with Gasteiger partial charge in [-0.25, -0.2) is 0 Å². The number of anilines is 1. The number of ketones is 1. The molecule has 8 nitrogen and oxygen atoms in total. The molecule has 0 saturated heterocycles. The van der Waals surface area contributed by atoms with Crippen LogP contribution in [0.1, 0.15) is 21.5 Å². The van der Waals surface area contributed by atoms with Crippen LogP contribution in [0.25, 0.3) is 0 Å².